The molecule has 0 radical (unpaired) electrons. The molecule has 1 aliphatic rings. The number of carbonyl (C=O) groups is 1. The number of fused-ring (bicyclic) bond motifs is 1. The Kier molecular flexibility index (Phi) is 5.98. The standard InChI is InChI=1S/C21H25N5O3S2/c1-26(2)31(28,29)15-7-5-13(6-8-15)18-10-16-19(30-18)17(20(22)27)12-24-21(16)25-14-4-3-9-23-11-14/h5-8,10,12,14,23H,3-4,9,11H2,1-2H3,(H2,22,27)(H,24,25)/t14-/m0/s1. The number of piperidine rings is 1. The van der Waals surface area contributed by atoms with Gasteiger partial charge in [0.1, 0.15) is 5.82 Å². The highest BCUT2D eigenvalue weighted by molar-refractivity contribution is 7.89. The van der Waals surface area contributed by atoms with Crippen LogP contribution in [0.1, 0.15) is 23.2 Å². The number of primary amides is 1. The van der Waals surface area contributed by atoms with E-state index in [1.807, 2.05) is 6.07 Å². The molecule has 3 heterocycles. The van der Waals surface area contributed by atoms with E-state index in [0.29, 0.717) is 5.56 Å². The van der Waals surface area contributed by atoms with E-state index in [1.54, 1.807) is 24.3 Å². The summed E-state index contributed by atoms with van der Waals surface area (Å²) in [7, 11) is -0.484. The number of sulfonamides is 1. The molecule has 4 N–H and O–H groups in total. The van der Waals surface area contributed by atoms with Gasteiger partial charge in [0.25, 0.3) is 5.91 Å². The normalized spacial score (nSPS) is 17.2. The molecule has 1 atom stereocenters. The first-order valence-corrected chi connectivity index (χ1v) is 12.3. The summed E-state index contributed by atoms with van der Waals surface area (Å²) >= 11 is 1.44. The Morgan fingerprint density at radius 3 is 2.65 bits per heavy atom. The molecule has 4 rings (SSSR count). The predicted molar refractivity (Wildman–Crippen MR) is 124 cm³/mol. The number of rotatable bonds is 6. The van der Waals surface area contributed by atoms with Gasteiger partial charge in [-0.05, 0) is 43.1 Å². The number of hydrogen-bond donors (Lipinski definition) is 3. The van der Waals surface area contributed by atoms with Gasteiger partial charge in [-0.3, -0.25) is 4.79 Å². The average Bonchev–Trinajstić information content (AvgIpc) is 3.20. The van der Waals surface area contributed by atoms with Gasteiger partial charge in [0.2, 0.25) is 10.0 Å². The second kappa shape index (κ2) is 8.54. The van der Waals surface area contributed by atoms with E-state index in [2.05, 4.69) is 15.6 Å². The lowest BCUT2D eigenvalue weighted by molar-refractivity contribution is 0.100. The van der Waals surface area contributed by atoms with Crippen LogP contribution in [0.5, 0.6) is 0 Å². The third-order valence-electron chi connectivity index (χ3n) is 5.38. The Hall–Kier alpha value is -2.53. The van der Waals surface area contributed by atoms with Crippen LogP contribution in [0.4, 0.5) is 5.82 Å². The molecular formula is C21H25N5O3S2. The van der Waals surface area contributed by atoms with Crippen molar-refractivity contribution in [1.29, 1.82) is 0 Å². The van der Waals surface area contributed by atoms with Gasteiger partial charge < -0.3 is 16.4 Å². The van der Waals surface area contributed by atoms with Crippen molar-refractivity contribution in [3.8, 4) is 10.4 Å². The molecule has 10 heteroatoms. The van der Waals surface area contributed by atoms with E-state index in [0.717, 1.165) is 52.3 Å². The zero-order valence-corrected chi connectivity index (χ0v) is 19.0. The number of benzene rings is 1. The summed E-state index contributed by atoms with van der Waals surface area (Å²) in [5, 5.41) is 7.71. The average molecular weight is 460 g/mol. The highest BCUT2D eigenvalue weighted by Crippen LogP contribution is 2.38. The lowest BCUT2D eigenvalue weighted by Gasteiger charge is -2.24. The molecule has 0 unspecified atom stereocenters. The van der Waals surface area contributed by atoms with Crippen molar-refractivity contribution in [2.45, 2.75) is 23.8 Å². The van der Waals surface area contributed by atoms with Crippen LogP contribution < -0.4 is 16.4 Å². The molecule has 0 saturated carbocycles. The number of nitrogens with zero attached hydrogens (tertiary/aromatic N) is 2. The molecule has 164 valence electrons. The molecule has 8 nitrogen and oxygen atoms in total. The molecule has 1 fully saturated rings. The number of thiophene rings is 1. The van der Waals surface area contributed by atoms with Gasteiger partial charge >= 0.3 is 0 Å². The summed E-state index contributed by atoms with van der Waals surface area (Å²) in [6.07, 6.45) is 3.67. The quantitative estimate of drug-likeness (QED) is 0.521. The van der Waals surface area contributed by atoms with E-state index in [1.165, 1.54) is 35.9 Å². The first-order chi connectivity index (χ1) is 14.8. The van der Waals surface area contributed by atoms with Crippen molar-refractivity contribution in [1.82, 2.24) is 14.6 Å². The third-order valence-corrected chi connectivity index (χ3v) is 8.42. The number of anilines is 1. The van der Waals surface area contributed by atoms with Crippen molar-refractivity contribution >= 4 is 43.2 Å². The SMILES string of the molecule is CN(C)S(=O)(=O)c1ccc(-c2cc3c(N[C@H]4CCCNC4)ncc(C(N)=O)c3s2)cc1. The van der Waals surface area contributed by atoms with Gasteiger partial charge in [-0.25, -0.2) is 17.7 Å². The second-order valence-corrected chi connectivity index (χ2v) is 10.9. The molecule has 1 saturated heterocycles. The number of nitrogens with two attached hydrogens (primary N) is 1. The Bertz CT molecular complexity index is 1210. The molecular weight excluding hydrogens is 434 g/mol. The molecule has 1 aromatic carbocycles. The number of aromatic nitrogens is 1. The lowest BCUT2D eigenvalue weighted by Crippen LogP contribution is -2.38. The molecule has 2 aromatic heterocycles. The smallest absolute Gasteiger partial charge is 0.251 e. The summed E-state index contributed by atoms with van der Waals surface area (Å²) < 4.78 is 26.6. The number of amides is 1. The molecule has 0 spiro atoms. The van der Waals surface area contributed by atoms with Crippen molar-refractivity contribution in [3.05, 3.63) is 42.1 Å². The van der Waals surface area contributed by atoms with Crippen LogP contribution in [0.15, 0.2) is 41.4 Å². The Morgan fingerprint density at radius 1 is 1.29 bits per heavy atom. The summed E-state index contributed by atoms with van der Waals surface area (Å²) in [5.74, 6) is 0.201. The maximum atomic E-state index is 12.3. The first kappa shape index (κ1) is 21.7. The van der Waals surface area contributed by atoms with Crippen molar-refractivity contribution in [2.75, 3.05) is 32.5 Å². The Labute approximate surface area is 185 Å². The molecule has 0 aliphatic carbocycles. The molecule has 31 heavy (non-hydrogen) atoms. The van der Waals surface area contributed by atoms with E-state index in [-0.39, 0.29) is 10.9 Å². The Morgan fingerprint density at radius 2 is 2.03 bits per heavy atom. The van der Waals surface area contributed by atoms with Gasteiger partial charge in [0.15, 0.2) is 0 Å². The number of pyridine rings is 1. The van der Waals surface area contributed by atoms with Crippen LogP contribution in [-0.2, 0) is 10.0 Å². The van der Waals surface area contributed by atoms with Crippen LogP contribution in [0.3, 0.4) is 0 Å². The van der Waals surface area contributed by atoms with E-state index in [9.17, 15) is 13.2 Å². The van der Waals surface area contributed by atoms with E-state index < -0.39 is 15.9 Å². The largest absolute Gasteiger partial charge is 0.366 e. The zero-order chi connectivity index (χ0) is 22.2. The van der Waals surface area contributed by atoms with Crippen LogP contribution in [0.2, 0.25) is 0 Å². The predicted octanol–water partition coefficient (Wildman–Crippen LogP) is 2.48. The Balaban J connectivity index is 1.74. The summed E-state index contributed by atoms with van der Waals surface area (Å²) in [5.41, 5.74) is 6.82. The zero-order valence-electron chi connectivity index (χ0n) is 17.4. The second-order valence-electron chi connectivity index (χ2n) is 7.74. The molecule has 3 aromatic rings. The van der Waals surface area contributed by atoms with Gasteiger partial charge in [-0.1, -0.05) is 12.1 Å². The highest BCUT2D eigenvalue weighted by atomic mass is 32.2. The number of carbonyl (C=O) groups excluding carboxylic acids is 1. The fourth-order valence-electron chi connectivity index (χ4n) is 3.63. The third kappa shape index (κ3) is 4.29. The monoisotopic (exact) mass is 459 g/mol. The summed E-state index contributed by atoms with van der Waals surface area (Å²) in [6, 6.07) is 8.98. The van der Waals surface area contributed by atoms with Crippen LogP contribution in [-0.4, -0.2) is 56.8 Å². The van der Waals surface area contributed by atoms with E-state index in [4.69, 9.17) is 5.73 Å². The lowest BCUT2D eigenvalue weighted by atomic mass is 10.1. The number of nitrogens with one attached hydrogen (secondary N) is 2. The van der Waals surface area contributed by atoms with Crippen molar-refractivity contribution in [3.63, 3.8) is 0 Å². The van der Waals surface area contributed by atoms with Crippen LogP contribution in [0.25, 0.3) is 20.5 Å². The maximum absolute atomic E-state index is 12.3. The number of hydrogen-bond acceptors (Lipinski definition) is 7. The summed E-state index contributed by atoms with van der Waals surface area (Å²) in [4.78, 5) is 17.6. The minimum atomic E-state index is -3.49. The van der Waals surface area contributed by atoms with Crippen LogP contribution in [0, 0.1) is 0 Å². The van der Waals surface area contributed by atoms with Crippen molar-refractivity contribution in [2.24, 2.45) is 5.73 Å². The fraction of sp³-hybridized carbons (Fsp3) is 0.333. The first-order valence-electron chi connectivity index (χ1n) is 10.00. The van der Waals surface area contributed by atoms with E-state index >= 15 is 0 Å². The fourth-order valence-corrected chi connectivity index (χ4v) is 5.71. The van der Waals surface area contributed by atoms with Crippen molar-refractivity contribution < 1.29 is 13.2 Å². The minimum Gasteiger partial charge on any atom is -0.366 e. The highest BCUT2D eigenvalue weighted by Gasteiger charge is 2.20. The molecule has 1 amide bonds. The minimum absolute atomic E-state index is 0.231. The maximum Gasteiger partial charge on any atom is 0.251 e. The topological polar surface area (TPSA) is 117 Å². The summed E-state index contributed by atoms with van der Waals surface area (Å²) in [6.45, 7) is 1.88. The van der Waals surface area contributed by atoms with Gasteiger partial charge in [-0.15, -0.1) is 11.3 Å². The molecule has 1 aliphatic heterocycles. The van der Waals surface area contributed by atoms with Gasteiger partial charge in [0, 0.05) is 43.1 Å². The van der Waals surface area contributed by atoms with Gasteiger partial charge in [-0.2, -0.15) is 0 Å². The van der Waals surface area contributed by atoms with Gasteiger partial charge in [0.05, 0.1) is 15.2 Å². The van der Waals surface area contributed by atoms with Crippen LogP contribution >= 0.6 is 11.3 Å². The molecule has 0 bridgehead atoms.